The van der Waals surface area contributed by atoms with Gasteiger partial charge in [0.2, 0.25) is 0 Å². The summed E-state index contributed by atoms with van der Waals surface area (Å²) in [5.41, 5.74) is 0.909. The molecule has 14 heavy (non-hydrogen) atoms. The minimum Gasteiger partial charge on any atom is -0.545 e. The third kappa shape index (κ3) is 2.36. The first-order valence-electron chi connectivity index (χ1n) is 4.18. The van der Waals surface area contributed by atoms with Gasteiger partial charge in [0, 0.05) is 5.56 Å². The van der Waals surface area contributed by atoms with Gasteiger partial charge >= 0.3 is 0 Å². The van der Waals surface area contributed by atoms with Crippen molar-refractivity contribution in [2.24, 2.45) is 0 Å². The van der Waals surface area contributed by atoms with Crippen LogP contribution in [0.25, 0.3) is 6.08 Å². The van der Waals surface area contributed by atoms with Gasteiger partial charge in [0.15, 0.2) is 0 Å². The summed E-state index contributed by atoms with van der Waals surface area (Å²) in [6, 6.07) is 7.20. The predicted octanol–water partition coefficient (Wildman–Crippen LogP) is 0.848. The van der Waals surface area contributed by atoms with E-state index in [-0.39, 0.29) is 5.57 Å². The molecule has 0 aromatic heterocycles. The summed E-state index contributed by atoms with van der Waals surface area (Å²) in [7, 11) is 1.54. The van der Waals surface area contributed by atoms with Crippen molar-refractivity contribution in [2.45, 2.75) is 6.92 Å². The maximum absolute atomic E-state index is 10.5. The number of benzene rings is 1. The normalized spacial score (nSPS) is 11.1. The molecule has 0 saturated heterocycles. The molecule has 0 N–H and O–H groups in total. The first kappa shape index (κ1) is 10.3. The number of carboxylic acids is 1. The molecular weight excluding hydrogens is 180 g/mol. The van der Waals surface area contributed by atoms with E-state index in [9.17, 15) is 9.90 Å². The number of carbonyl (C=O) groups excluding carboxylic acids is 1. The zero-order valence-corrected chi connectivity index (χ0v) is 8.11. The Labute approximate surface area is 82.6 Å². The van der Waals surface area contributed by atoms with Crippen LogP contribution < -0.4 is 9.84 Å². The molecule has 0 atom stereocenters. The molecule has 74 valence electrons. The summed E-state index contributed by atoms with van der Waals surface area (Å²) in [5, 5.41) is 10.5. The Morgan fingerprint density at radius 3 is 2.64 bits per heavy atom. The van der Waals surface area contributed by atoms with Crippen LogP contribution in [-0.2, 0) is 4.79 Å². The van der Waals surface area contributed by atoms with Gasteiger partial charge in [-0.25, -0.2) is 0 Å². The molecule has 3 heteroatoms. The second-order valence-corrected chi connectivity index (χ2v) is 2.86. The molecule has 0 aliphatic carbocycles. The standard InChI is InChI=1S/C11H12O3/c1-8(11(12)13)7-9-5-3-4-6-10(9)14-2/h3-7H,1-2H3,(H,12,13)/p-1/b8-7+. The van der Waals surface area contributed by atoms with Crippen LogP contribution in [0.4, 0.5) is 0 Å². The number of aliphatic carboxylic acids is 1. The summed E-state index contributed by atoms with van der Waals surface area (Å²) in [4.78, 5) is 10.5. The Bertz CT molecular complexity index is 367. The smallest absolute Gasteiger partial charge is 0.126 e. The quantitative estimate of drug-likeness (QED) is 0.665. The van der Waals surface area contributed by atoms with E-state index in [0.717, 1.165) is 5.56 Å². The van der Waals surface area contributed by atoms with Crippen LogP contribution >= 0.6 is 0 Å². The lowest BCUT2D eigenvalue weighted by atomic mass is 10.1. The summed E-state index contributed by atoms with van der Waals surface area (Å²) in [6.45, 7) is 1.49. The number of ether oxygens (including phenoxy) is 1. The van der Waals surface area contributed by atoms with Crippen LogP contribution in [0.3, 0.4) is 0 Å². The monoisotopic (exact) mass is 191 g/mol. The van der Waals surface area contributed by atoms with Crippen molar-refractivity contribution in [2.75, 3.05) is 7.11 Å². The number of methoxy groups -OCH3 is 1. The van der Waals surface area contributed by atoms with E-state index >= 15 is 0 Å². The van der Waals surface area contributed by atoms with E-state index in [1.54, 1.807) is 19.2 Å². The van der Waals surface area contributed by atoms with Crippen molar-refractivity contribution in [3.8, 4) is 5.75 Å². The fourth-order valence-corrected chi connectivity index (χ4v) is 1.08. The average molecular weight is 191 g/mol. The Morgan fingerprint density at radius 2 is 2.07 bits per heavy atom. The predicted molar refractivity (Wildman–Crippen MR) is 51.7 cm³/mol. The molecule has 0 aliphatic heterocycles. The zero-order chi connectivity index (χ0) is 10.6. The maximum atomic E-state index is 10.5. The largest absolute Gasteiger partial charge is 0.545 e. The van der Waals surface area contributed by atoms with E-state index in [2.05, 4.69) is 0 Å². The van der Waals surface area contributed by atoms with Crippen molar-refractivity contribution in [1.29, 1.82) is 0 Å². The second-order valence-electron chi connectivity index (χ2n) is 2.86. The molecule has 0 fully saturated rings. The first-order valence-corrected chi connectivity index (χ1v) is 4.18. The van der Waals surface area contributed by atoms with Gasteiger partial charge < -0.3 is 14.6 Å². The third-order valence-electron chi connectivity index (χ3n) is 1.83. The highest BCUT2D eigenvalue weighted by molar-refractivity contribution is 5.90. The highest BCUT2D eigenvalue weighted by atomic mass is 16.5. The third-order valence-corrected chi connectivity index (χ3v) is 1.83. The number of rotatable bonds is 3. The number of para-hydroxylation sites is 1. The lowest BCUT2D eigenvalue weighted by Crippen LogP contribution is -2.22. The van der Waals surface area contributed by atoms with Gasteiger partial charge in [-0.2, -0.15) is 0 Å². The van der Waals surface area contributed by atoms with E-state index < -0.39 is 5.97 Å². The van der Waals surface area contributed by atoms with Crippen LogP contribution in [0.5, 0.6) is 5.75 Å². The van der Waals surface area contributed by atoms with Gasteiger partial charge in [-0.1, -0.05) is 18.2 Å². The highest BCUT2D eigenvalue weighted by Crippen LogP contribution is 2.19. The fraction of sp³-hybridized carbons (Fsp3) is 0.182. The van der Waals surface area contributed by atoms with Crippen molar-refractivity contribution in [3.05, 3.63) is 35.4 Å². The first-order chi connectivity index (χ1) is 6.65. The molecule has 0 saturated carbocycles. The van der Waals surface area contributed by atoms with Gasteiger partial charge in [-0.15, -0.1) is 0 Å². The summed E-state index contributed by atoms with van der Waals surface area (Å²) in [5.74, 6) is -0.524. The van der Waals surface area contributed by atoms with Gasteiger partial charge in [0.05, 0.1) is 13.1 Å². The molecule has 0 radical (unpaired) electrons. The molecule has 0 bridgehead atoms. The topological polar surface area (TPSA) is 49.4 Å². The van der Waals surface area contributed by atoms with E-state index in [4.69, 9.17) is 4.74 Å². The van der Waals surface area contributed by atoms with Crippen LogP contribution in [0, 0.1) is 0 Å². The fourth-order valence-electron chi connectivity index (χ4n) is 1.08. The minimum atomic E-state index is -1.17. The molecular formula is C11H11O3-. The Kier molecular flexibility index (Phi) is 3.29. The van der Waals surface area contributed by atoms with Gasteiger partial charge in [-0.05, 0) is 24.6 Å². The van der Waals surface area contributed by atoms with Crippen LogP contribution in [0.15, 0.2) is 29.8 Å². The molecule has 1 rings (SSSR count). The highest BCUT2D eigenvalue weighted by Gasteiger charge is 1.98. The van der Waals surface area contributed by atoms with E-state index in [1.165, 1.54) is 13.0 Å². The summed E-state index contributed by atoms with van der Waals surface area (Å²) < 4.78 is 5.07. The van der Waals surface area contributed by atoms with E-state index in [1.807, 2.05) is 12.1 Å². The Morgan fingerprint density at radius 1 is 1.43 bits per heavy atom. The van der Waals surface area contributed by atoms with Crippen molar-refractivity contribution >= 4 is 12.0 Å². The number of carbonyl (C=O) groups is 1. The molecule has 1 aromatic carbocycles. The number of carboxylic acid groups (broad SMARTS) is 1. The molecule has 0 unspecified atom stereocenters. The summed E-state index contributed by atoms with van der Waals surface area (Å²) in [6.07, 6.45) is 1.52. The van der Waals surface area contributed by atoms with Gasteiger partial charge in [0.25, 0.3) is 0 Å². The molecule has 0 aliphatic rings. The molecule has 0 amide bonds. The van der Waals surface area contributed by atoms with Crippen molar-refractivity contribution in [1.82, 2.24) is 0 Å². The average Bonchev–Trinajstić information content (AvgIpc) is 2.18. The van der Waals surface area contributed by atoms with E-state index in [0.29, 0.717) is 5.75 Å². The lowest BCUT2D eigenvalue weighted by Gasteiger charge is -2.06. The minimum absolute atomic E-state index is 0.175. The Hall–Kier alpha value is -1.77. The van der Waals surface area contributed by atoms with Crippen LogP contribution in [0.1, 0.15) is 12.5 Å². The van der Waals surface area contributed by atoms with Gasteiger partial charge in [0.1, 0.15) is 5.75 Å². The second kappa shape index (κ2) is 4.46. The molecule has 0 spiro atoms. The number of hydrogen-bond acceptors (Lipinski definition) is 3. The van der Waals surface area contributed by atoms with Crippen molar-refractivity contribution in [3.63, 3.8) is 0 Å². The van der Waals surface area contributed by atoms with Crippen LogP contribution in [-0.4, -0.2) is 13.1 Å². The van der Waals surface area contributed by atoms with Crippen molar-refractivity contribution < 1.29 is 14.6 Å². The van der Waals surface area contributed by atoms with Crippen LogP contribution in [0.2, 0.25) is 0 Å². The SMILES string of the molecule is COc1ccccc1/C=C(\C)C(=O)[O-]. The lowest BCUT2D eigenvalue weighted by molar-refractivity contribution is -0.299. The maximum Gasteiger partial charge on any atom is 0.126 e. The van der Waals surface area contributed by atoms with Gasteiger partial charge in [-0.3, -0.25) is 0 Å². The molecule has 3 nitrogen and oxygen atoms in total. The zero-order valence-electron chi connectivity index (χ0n) is 8.11. The number of hydrogen-bond donors (Lipinski definition) is 0. The summed E-state index contributed by atoms with van der Waals surface area (Å²) >= 11 is 0. The molecule has 1 aromatic rings. The Balaban J connectivity index is 3.07. The molecule has 0 heterocycles.